The molecule has 1 saturated carbocycles. The minimum atomic E-state index is -1.05. The number of carbonyl (C=O) groups excluding carboxylic acids is 7. The molecule has 48 heavy (non-hydrogen) atoms. The number of piperidine rings is 1. The highest BCUT2D eigenvalue weighted by Crippen LogP contribution is 2.65. The highest BCUT2D eigenvalue weighted by atomic mass is 16.2. The van der Waals surface area contributed by atoms with E-state index in [4.69, 9.17) is 0 Å². The minimum absolute atomic E-state index is 0.0130. The fourth-order valence-electron chi connectivity index (χ4n) is 6.85. The van der Waals surface area contributed by atoms with Crippen molar-refractivity contribution in [1.82, 2.24) is 31.1 Å². The summed E-state index contributed by atoms with van der Waals surface area (Å²) in [5.74, 6) is -3.17. The number of amides is 7. The molecular weight excluding hydrogens is 616 g/mol. The number of ketones is 1. The van der Waals surface area contributed by atoms with Gasteiger partial charge in [0.1, 0.15) is 12.1 Å². The van der Waals surface area contributed by atoms with Crippen LogP contribution in [0.2, 0.25) is 0 Å². The molecule has 13 heteroatoms. The first-order valence-corrected chi connectivity index (χ1v) is 17.1. The van der Waals surface area contributed by atoms with Crippen LogP contribution in [0.15, 0.2) is 12.7 Å². The quantitative estimate of drug-likeness (QED) is 0.124. The van der Waals surface area contributed by atoms with Crippen LogP contribution in [0.5, 0.6) is 0 Å². The van der Waals surface area contributed by atoms with E-state index in [0.717, 1.165) is 6.42 Å². The van der Waals surface area contributed by atoms with E-state index in [1.807, 2.05) is 62.3 Å². The molecule has 2 aliphatic heterocycles. The number of rotatable bonds is 14. The van der Waals surface area contributed by atoms with Crippen LogP contribution in [0.3, 0.4) is 0 Å². The van der Waals surface area contributed by atoms with Gasteiger partial charge in [0.05, 0.1) is 12.1 Å². The molecule has 2 saturated heterocycles. The zero-order valence-corrected chi connectivity index (χ0v) is 30.2. The maximum absolute atomic E-state index is 14.4. The third kappa shape index (κ3) is 8.63. The van der Waals surface area contributed by atoms with E-state index in [1.165, 1.54) is 15.9 Å². The summed E-state index contributed by atoms with van der Waals surface area (Å²) in [6, 6.07) is -4.21. The first kappa shape index (κ1) is 38.7. The summed E-state index contributed by atoms with van der Waals surface area (Å²) >= 11 is 0. The van der Waals surface area contributed by atoms with E-state index in [-0.39, 0.29) is 61.4 Å². The van der Waals surface area contributed by atoms with E-state index in [0.29, 0.717) is 13.0 Å². The largest absolute Gasteiger partial charge is 0.346 e. The van der Waals surface area contributed by atoms with E-state index in [2.05, 4.69) is 27.8 Å². The number of Topliss-reactive ketones (excluding diaryl/α,β-unsaturated/α-hetero) is 1. The van der Waals surface area contributed by atoms with Crippen molar-refractivity contribution in [2.24, 2.45) is 28.1 Å². The molecule has 13 nitrogen and oxygen atoms in total. The van der Waals surface area contributed by atoms with Crippen molar-refractivity contribution in [3.8, 4) is 0 Å². The van der Waals surface area contributed by atoms with Gasteiger partial charge in [0.25, 0.3) is 5.91 Å². The molecule has 0 spiro atoms. The summed E-state index contributed by atoms with van der Waals surface area (Å²) < 4.78 is 0. The molecule has 0 radical (unpaired) electrons. The van der Waals surface area contributed by atoms with Gasteiger partial charge in [-0.3, -0.25) is 33.7 Å². The molecule has 7 amide bonds. The smallest absolute Gasteiger partial charge is 0.315 e. The first-order chi connectivity index (χ1) is 22.2. The summed E-state index contributed by atoms with van der Waals surface area (Å²) in [4.78, 5) is 94.8. The fraction of sp³-hybridized carbons (Fsp3) is 0.743. The SMILES string of the molecule is C=CCNC(=O)C(=O)C(CCCC)NC(=O)[C@@H]1[C@@H]2[C@H](CN1C(=O)[C@@H](NC(=O)N[C@@H](CN1C(=O)CCC1=O)C(C)(C)C)C(C)(C)C)C2(C)C. The Labute approximate surface area is 284 Å². The van der Waals surface area contributed by atoms with Crippen molar-refractivity contribution in [3.63, 3.8) is 0 Å². The van der Waals surface area contributed by atoms with Gasteiger partial charge >= 0.3 is 6.03 Å². The Morgan fingerprint density at radius 1 is 0.958 bits per heavy atom. The van der Waals surface area contributed by atoms with Gasteiger partial charge in [0.2, 0.25) is 29.4 Å². The lowest BCUT2D eigenvalue weighted by Gasteiger charge is -2.39. The highest BCUT2D eigenvalue weighted by molar-refractivity contribution is 6.38. The van der Waals surface area contributed by atoms with E-state index in [1.54, 1.807) is 0 Å². The molecule has 3 aliphatic rings. The van der Waals surface area contributed by atoms with Gasteiger partial charge in [-0.1, -0.05) is 81.2 Å². The monoisotopic (exact) mass is 672 g/mol. The Morgan fingerprint density at radius 2 is 1.56 bits per heavy atom. The number of fused-ring (bicyclic) bond motifs is 1. The average molecular weight is 673 g/mol. The molecule has 0 aromatic heterocycles. The number of carbonyl (C=O) groups is 7. The van der Waals surface area contributed by atoms with Crippen molar-refractivity contribution < 1.29 is 33.6 Å². The molecule has 0 aromatic rings. The number of nitrogens with zero attached hydrogens (tertiary/aromatic N) is 2. The number of likely N-dealkylation sites (tertiary alicyclic amines) is 2. The first-order valence-electron chi connectivity index (χ1n) is 17.1. The van der Waals surface area contributed by atoms with Crippen LogP contribution in [0.4, 0.5) is 4.79 Å². The standard InChI is InChI=1S/C35H56N6O7/c1-11-13-14-21(27(44)30(46)36-17-12-2)37-29(45)26-25-20(35(25,9)10)18-41(26)31(47)28(34(6,7)8)39-32(48)38-22(33(3,4)5)19-40-23(42)15-16-24(40)43/h12,20-22,25-26,28H,2,11,13-19H2,1,3-10H3,(H,36,46)(H,37,45)(H2,38,39,48)/t20-,21?,22-,25-,26-,28+/m0/s1. The average Bonchev–Trinajstić information content (AvgIpc) is 3.27. The number of imide groups is 1. The molecule has 3 fully saturated rings. The predicted molar refractivity (Wildman–Crippen MR) is 180 cm³/mol. The number of urea groups is 1. The Kier molecular flexibility index (Phi) is 11.9. The van der Waals surface area contributed by atoms with Gasteiger partial charge in [0, 0.05) is 32.5 Å². The minimum Gasteiger partial charge on any atom is -0.346 e. The summed E-state index contributed by atoms with van der Waals surface area (Å²) in [7, 11) is 0. The van der Waals surface area contributed by atoms with Crippen molar-refractivity contribution >= 4 is 41.4 Å². The molecule has 3 rings (SSSR count). The third-order valence-corrected chi connectivity index (χ3v) is 10.1. The molecule has 6 atom stereocenters. The van der Waals surface area contributed by atoms with Gasteiger partial charge in [0.15, 0.2) is 0 Å². The van der Waals surface area contributed by atoms with E-state index in [9.17, 15) is 33.6 Å². The van der Waals surface area contributed by atoms with Crippen LogP contribution in [-0.2, 0) is 28.8 Å². The lowest BCUT2D eigenvalue weighted by Crippen LogP contribution is -2.62. The zero-order chi connectivity index (χ0) is 36.4. The highest BCUT2D eigenvalue weighted by Gasteiger charge is 2.70. The summed E-state index contributed by atoms with van der Waals surface area (Å²) in [6.07, 6.45) is 3.37. The van der Waals surface area contributed by atoms with Crippen LogP contribution in [0.25, 0.3) is 0 Å². The Morgan fingerprint density at radius 3 is 2.08 bits per heavy atom. The predicted octanol–water partition coefficient (Wildman–Crippen LogP) is 2.29. The lowest BCUT2D eigenvalue weighted by atomic mass is 9.85. The molecular formula is C35H56N6O7. The molecule has 0 aromatic carbocycles. The van der Waals surface area contributed by atoms with Crippen molar-refractivity contribution in [2.75, 3.05) is 19.6 Å². The molecule has 268 valence electrons. The Balaban J connectivity index is 1.83. The van der Waals surface area contributed by atoms with Crippen LogP contribution >= 0.6 is 0 Å². The van der Waals surface area contributed by atoms with Crippen LogP contribution in [0, 0.1) is 28.1 Å². The normalized spacial score (nSPS) is 23.5. The van der Waals surface area contributed by atoms with Crippen molar-refractivity contribution in [2.45, 2.75) is 119 Å². The fourth-order valence-corrected chi connectivity index (χ4v) is 6.85. The second kappa shape index (κ2) is 14.8. The van der Waals surface area contributed by atoms with E-state index < -0.39 is 64.5 Å². The van der Waals surface area contributed by atoms with Gasteiger partial charge < -0.3 is 26.2 Å². The lowest BCUT2D eigenvalue weighted by molar-refractivity contribution is -0.145. The third-order valence-electron chi connectivity index (χ3n) is 10.1. The van der Waals surface area contributed by atoms with Crippen molar-refractivity contribution in [1.29, 1.82) is 0 Å². The molecule has 0 bridgehead atoms. The second-order valence-corrected chi connectivity index (χ2v) is 16.2. The molecule has 2 heterocycles. The summed E-state index contributed by atoms with van der Waals surface area (Å²) in [6.45, 7) is 21.1. The summed E-state index contributed by atoms with van der Waals surface area (Å²) in [5, 5.41) is 11.0. The second-order valence-electron chi connectivity index (χ2n) is 16.2. The number of nitrogens with one attached hydrogen (secondary N) is 4. The van der Waals surface area contributed by atoms with Crippen LogP contribution < -0.4 is 21.3 Å². The number of hydrogen-bond acceptors (Lipinski definition) is 7. The van der Waals surface area contributed by atoms with Crippen molar-refractivity contribution in [3.05, 3.63) is 12.7 Å². The van der Waals surface area contributed by atoms with Gasteiger partial charge in [-0.25, -0.2) is 4.79 Å². The van der Waals surface area contributed by atoms with Gasteiger partial charge in [-0.05, 0) is 34.5 Å². The molecule has 1 unspecified atom stereocenters. The molecule has 4 N–H and O–H groups in total. The Hall–Kier alpha value is -3.77. The number of hydrogen-bond donors (Lipinski definition) is 4. The summed E-state index contributed by atoms with van der Waals surface area (Å²) in [5.41, 5.74) is -1.50. The maximum Gasteiger partial charge on any atom is 0.315 e. The van der Waals surface area contributed by atoms with E-state index >= 15 is 0 Å². The topological polar surface area (TPSA) is 174 Å². The Bertz CT molecular complexity index is 1300. The zero-order valence-electron chi connectivity index (χ0n) is 30.2. The number of unbranched alkanes of at least 4 members (excludes halogenated alkanes) is 1. The van der Waals surface area contributed by atoms with Gasteiger partial charge in [-0.2, -0.15) is 0 Å². The van der Waals surface area contributed by atoms with Crippen LogP contribution in [0.1, 0.15) is 94.4 Å². The van der Waals surface area contributed by atoms with Gasteiger partial charge in [-0.15, -0.1) is 6.58 Å². The maximum atomic E-state index is 14.4. The molecule has 1 aliphatic carbocycles. The van der Waals surface area contributed by atoms with Crippen LogP contribution in [-0.4, -0.2) is 95.0 Å².